The molecule has 32 nitrogen and oxygen atoms in total. The van der Waals surface area contributed by atoms with Gasteiger partial charge < -0.3 is 62.9 Å². The van der Waals surface area contributed by atoms with Gasteiger partial charge in [0, 0.05) is 10.8 Å². The first-order chi connectivity index (χ1) is 43.2. The topological polar surface area (TPSA) is 435 Å². The van der Waals surface area contributed by atoms with E-state index in [0.29, 0.717) is 47.6 Å². The molecule has 2 fully saturated rings. The number of carbonyl (C=O) groups excluding carboxylic acids is 4. The maximum atomic E-state index is 14.1. The Morgan fingerprint density at radius 3 is 1.43 bits per heavy atom. The van der Waals surface area contributed by atoms with Crippen LogP contribution in [-0.4, -0.2) is 156 Å². The van der Waals surface area contributed by atoms with E-state index in [1.165, 1.54) is 38.5 Å². The highest BCUT2D eigenvalue weighted by atomic mass is 32.3. The number of nitrogens with one attached hydrogen (secondary N) is 2. The molecular weight excluding hydrogens is 1250 g/mol. The predicted molar refractivity (Wildman–Crippen MR) is 323 cm³/mol. The SMILES string of the molecule is C[n+]1cc(-c2ccc3c(c2)CC[C@H]([C@H](O/N=C(\C(=O)N[C@@H]2C(=O)N(OS(=O)(=O)ON4C(=O)[C@@H](NC(=O)/C(=N\O[C@H](C(=O)O)[C@H]5CCc6cc(-c7cn(CCCN)[n+](C)c7)ccc6O5)c5csc(N)n5)C4(C)C)C2(C)C)c2csc(N)n2)C(=O)O)O3)cn1CCCN. The molecule has 0 aliphatic carbocycles. The number of nitrogens with two attached hydrogens (primary N) is 4. The van der Waals surface area contributed by atoms with E-state index in [1.807, 2.05) is 81.9 Å². The van der Waals surface area contributed by atoms with E-state index >= 15 is 0 Å². The van der Waals surface area contributed by atoms with Gasteiger partial charge in [-0.1, -0.05) is 22.4 Å². The van der Waals surface area contributed by atoms with Gasteiger partial charge in [-0.2, -0.15) is 27.9 Å². The number of oxime groups is 2. The zero-order valence-corrected chi connectivity index (χ0v) is 52.5. The Labute approximate surface area is 528 Å². The van der Waals surface area contributed by atoms with Crippen LogP contribution in [0.5, 0.6) is 11.5 Å². The lowest BCUT2D eigenvalue weighted by molar-refractivity contribution is -0.753. The number of fused-ring (bicyclic) bond motifs is 2. The molecule has 10 rings (SSSR count). The van der Waals surface area contributed by atoms with Gasteiger partial charge in [0.1, 0.15) is 47.2 Å². The average molecular weight is 1320 g/mol. The van der Waals surface area contributed by atoms with Gasteiger partial charge >= 0.3 is 22.3 Å². The van der Waals surface area contributed by atoms with Gasteiger partial charge in [-0.05, 0) is 126 Å². The molecule has 8 heterocycles. The van der Waals surface area contributed by atoms with Gasteiger partial charge in [-0.3, -0.25) is 19.2 Å². The maximum absolute atomic E-state index is 14.1. The van der Waals surface area contributed by atoms with E-state index in [0.717, 1.165) is 82.0 Å². The van der Waals surface area contributed by atoms with E-state index in [2.05, 4.69) is 30.9 Å². The fraction of sp³-hybridized carbons (Fsp3) is 0.429. The monoisotopic (exact) mass is 1320 g/mol. The Morgan fingerprint density at radius 2 is 1.09 bits per heavy atom. The summed E-state index contributed by atoms with van der Waals surface area (Å²) in [6, 6.07) is 8.06. The first-order valence-corrected chi connectivity index (χ1v) is 31.7. The largest absolute Gasteiger partial charge is 0.485 e. The van der Waals surface area contributed by atoms with Crippen molar-refractivity contribution >= 4 is 90.3 Å². The van der Waals surface area contributed by atoms with Gasteiger partial charge in [0.2, 0.25) is 12.4 Å². The number of carboxylic acids is 2. The predicted octanol–water partition coefficient (Wildman–Crippen LogP) is 0.202. The molecule has 0 unspecified atom stereocenters. The number of rotatable bonds is 26. The number of thiazole rings is 2. The summed E-state index contributed by atoms with van der Waals surface area (Å²) in [5.41, 5.74) is 23.8. The van der Waals surface area contributed by atoms with E-state index in [4.69, 9.17) is 50.7 Å². The molecule has 0 radical (unpaired) electrons. The van der Waals surface area contributed by atoms with E-state index in [1.54, 1.807) is 12.1 Å². The molecule has 6 atom stereocenters. The molecule has 0 bridgehead atoms. The number of nitrogen functional groups attached to an aromatic ring is 2. The molecule has 2 saturated heterocycles. The number of benzene rings is 2. The minimum atomic E-state index is -5.37. The molecule has 91 heavy (non-hydrogen) atoms. The number of ether oxygens (including phenoxy) is 2. The number of nitrogens with zero attached hydrogens (tertiary/aromatic N) is 10. The van der Waals surface area contributed by atoms with Gasteiger partial charge in [0.05, 0.1) is 47.7 Å². The maximum Gasteiger partial charge on any atom is 0.442 e. The zero-order chi connectivity index (χ0) is 65.4. The second-order valence-corrected chi connectivity index (χ2v) is 25.8. The van der Waals surface area contributed by atoms with Crippen LogP contribution in [0.2, 0.25) is 0 Å². The minimum absolute atomic E-state index is 0.000289. The highest BCUT2D eigenvalue weighted by Gasteiger charge is 2.61. The summed E-state index contributed by atoms with van der Waals surface area (Å²) in [4.78, 5) is 100. The molecule has 6 aromatic rings. The smallest absolute Gasteiger partial charge is 0.442 e. The van der Waals surface area contributed by atoms with Crippen molar-refractivity contribution in [1.29, 1.82) is 0 Å². The number of hydroxylamine groups is 4. The fourth-order valence-corrected chi connectivity index (χ4v) is 12.8. The molecule has 4 aromatic heterocycles. The Balaban J connectivity index is 0.758. The molecule has 4 amide bonds. The number of carboxylic acid groups (broad SMARTS) is 2. The number of aliphatic carboxylic acids is 2. The molecule has 2 aromatic carbocycles. The summed E-state index contributed by atoms with van der Waals surface area (Å²) in [6.07, 6.45) is 5.14. The van der Waals surface area contributed by atoms with Crippen LogP contribution in [0.15, 0.2) is 82.3 Å². The number of anilines is 2. The van der Waals surface area contributed by atoms with Gasteiger partial charge in [-0.15, -0.1) is 40.6 Å². The van der Waals surface area contributed by atoms with Crippen LogP contribution in [-0.2, 0) is 97.4 Å². The third kappa shape index (κ3) is 13.5. The number of hydrogen-bond acceptors (Lipinski definition) is 24. The highest BCUT2D eigenvalue weighted by Crippen LogP contribution is 2.39. The quantitative estimate of drug-likeness (QED) is 0.0156. The molecule has 0 spiro atoms. The minimum Gasteiger partial charge on any atom is -0.485 e. The standard InChI is InChI=1S/C56H66N16O16S3/c1-55(2)45(63-47(73)41(35-27-89-53(59)61-35)65-85-43(51(77)78)39-15-11-31-21-29(9-13-37(31)83-39)33-23-67(5)69(25-33)19-7-17-57)49(75)71(55)87-91(81,82)88-72-50(76)46(56(72,3)4)64-48(74)42(36-28-90-54(60)62-36)66-86-44(52(79)80)40-16-12-32-22-30(10-14-38(32)84-40)34-24-68(6)70(26-34)20-8-18-58/h9-10,13-14,21-28,39-40,43-46H,7-8,11-12,15-20,57-58H2,1-6H3,(H6-2,59,60,61,62,63,64,73,74,77,78,79,80)/p+2/b65-41-,66-42-/t39-,40-,43+,44+,45-,46-/m1/s1. The Bertz CT molecular complexity index is 3760. The summed E-state index contributed by atoms with van der Waals surface area (Å²) >= 11 is 1.84. The lowest BCUT2D eigenvalue weighted by atomic mass is 9.84. The summed E-state index contributed by atoms with van der Waals surface area (Å²) in [5, 5.41) is 36.9. The van der Waals surface area contributed by atoms with Crippen molar-refractivity contribution in [3.63, 3.8) is 0 Å². The number of aryl methyl sites for hydroxylation is 6. The van der Waals surface area contributed by atoms with Gasteiger partial charge in [-0.25, -0.2) is 19.6 Å². The second-order valence-electron chi connectivity index (χ2n) is 22.9. The van der Waals surface area contributed by atoms with Crippen LogP contribution in [0.1, 0.15) is 75.9 Å². The van der Waals surface area contributed by atoms with Crippen molar-refractivity contribution in [1.82, 2.24) is 40.1 Å². The number of carbonyl (C=O) groups is 6. The first-order valence-electron chi connectivity index (χ1n) is 28.6. The number of β-lactam (4-membered cyclic amide) rings is 2. The third-order valence-electron chi connectivity index (χ3n) is 15.8. The van der Waals surface area contributed by atoms with Crippen LogP contribution in [0, 0.1) is 0 Å². The van der Waals surface area contributed by atoms with Crippen LogP contribution in [0.25, 0.3) is 22.3 Å². The Kier molecular flexibility index (Phi) is 18.5. The molecule has 4 aliphatic heterocycles. The molecule has 4 aliphatic rings. The fourth-order valence-electron chi connectivity index (χ4n) is 10.8. The van der Waals surface area contributed by atoms with E-state index < -0.39 is 105 Å². The van der Waals surface area contributed by atoms with Crippen molar-refractivity contribution in [2.45, 2.75) is 127 Å². The molecular formula is C56H68N16O16S3+2. The van der Waals surface area contributed by atoms with Crippen molar-refractivity contribution < 1.29 is 84.5 Å². The summed E-state index contributed by atoms with van der Waals surface area (Å²) in [5.74, 6) is -6.53. The number of aromatic nitrogens is 6. The van der Waals surface area contributed by atoms with Crippen LogP contribution < -0.4 is 52.4 Å². The number of amides is 4. The van der Waals surface area contributed by atoms with Gasteiger partial charge in [0.15, 0.2) is 35.8 Å². The first kappa shape index (κ1) is 64.8. The Hall–Kier alpha value is -9.13. The van der Waals surface area contributed by atoms with Crippen LogP contribution in [0.3, 0.4) is 0 Å². The summed E-state index contributed by atoms with van der Waals surface area (Å²) in [7, 11) is -1.51. The molecule has 0 saturated carbocycles. The third-order valence-corrected chi connectivity index (χ3v) is 17.8. The highest BCUT2D eigenvalue weighted by molar-refractivity contribution is 7.81. The molecule has 484 valence electrons. The van der Waals surface area contributed by atoms with Crippen LogP contribution in [0.4, 0.5) is 10.3 Å². The van der Waals surface area contributed by atoms with Crippen molar-refractivity contribution in [2.75, 3.05) is 24.6 Å². The summed E-state index contributed by atoms with van der Waals surface area (Å²) < 4.78 is 57.5. The lowest BCUT2D eigenvalue weighted by Crippen LogP contribution is -2.78. The van der Waals surface area contributed by atoms with Gasteiger partial charge in [0.25, 0.3) is 35.8 Å². The van der Waals surface area contributed by atoms with E-state index in [9.17, 15) is 47.4 Å². The summed E-state index contributed by atoms with van der Waals surface area (Å²) in [6.45, 7) is 7.89. The van der Waals surface area contributed by atoms with Crippen molar-refractivity contribution in [3.8, 4) is 33.8 Å². The van der Waals surface area contributed by atoms with Crippen molar-refractivity contribution in [2.24, 2.45) is 35.9 Å². The lowest BCUT2D eigenvalue weighted by Gasteiger charge is -2.52. The van der Waals surface area contributed by atoms with Crippen LogP contribution >= 0.6 is 22.7 Å². The van der Waals surface area contributed by atoms with Crippen molar-refractivity contribution in [3.05, 3.63) is 94.5 Å². The second kappa shape index (κ2) is 26.0. The Morgan fingerprint density at radius 1 is 0.692 bits per heavy atom. The number of hydrogen-bond donors (Lipinski definition) is 8. The van der Waals surface area contributed by atoms with E-state index in [-0.39, 0.29) is 34.5 Å². The normalized spacial score (nSPS) is 20.0. The average Bonchev–Trinajstić information content (AvgIpc) is 0.946. The molecule has 12 N–H and O–H groups in total. The zero-order valence-electron chi connectivity index (χ0n) is 50.1. The molecule has 35 heteroatoms.